The van der Waals surface area contributed by atoms with Gasteiger partial charge in [0.15, 0.2) is 5.82 Å². The normalized spacial score (nSPS) is 14.7. The number of anilines is 5. The molecule has 4 aromatic rings. The Labute approximate surface area is 223 Å². The van der Waals surface area contributed by atoms with Crippen LogP contribution in [-0.2, 0) is 23.6 Å². The minimum atomic E-state index is -4.72. The molecule has 15 heteroatoms. The average molecular weight is 562 g/mol. The molecule has 4 N–H and O–H groups in total. The number of aromatic amines is 1. The van der Waals surface area contributed by atoms with Crippen LogP contribution in [0.15, 0.2) is 48.7 Å². The Morgan fingerprint density at radius 2 is 1.82 bits per heavy atom. The van der Waals surface area contributed by atoms with Crippen molar-refractivity contribution in [3.8, 4) is 0 Å². The third kappa shape index (κ3) is 6.21. The molecule has 1 aliphatic rings. The maximum Gasteiger partial charge on any atom is 0.421 e. The van der Waals surface area contributed by atoms with E-state index < -0.39 is 28.4 Å². The second kappa shape index (κ2) is 11.0. The van der Waals surface area contributed by atoms with E-state index in [0.29, 0.717) is 17.4 Å². The first-order chi connectivity index (χ1) is 18.7. The molecule has 39 heavy (non-hydrogen) atoms. The molecule has 1 aliphatic heterocycles. The Balaban J connectivity index is 1.40. The Bertz CT molecular complexity index is 1540. The van der Waals surface area contributed by atoms with Gasteiger partial charge < -0.3 is 20.4 Å². The summed E-state index contributed by atoms with van der Waals surface area (Å²) in [4.78, 5) is 12.4. The molecule has 0 amide bonds. The van der Waals surface area contributed by atoms with E-state index in [-0.39, 0.29) is 18.2 Å². The molecule has 0 spiro atoms. The van der Waals surface area contributed by atoms with E-state index in [1.165, 1.54) is 6.07 Å². The molecule has 0 unspecified atom stereocenters. The number of rotatable bonds is 8. The highest BCUT2D eigenvalue weighted by Crippen LogP contribution is 2.36. The van der Waals surface area contributed by atoms with Crippen molar-refractivity contribution in [3.05, 3.63) is 59.8 Å². The monoisotopic (exact) mass is 561 g/mol. The molecule has 0 atom stereocenters. The quantitative estimate of drug-likeness (QED) is 0.206. The molecule has 0 saturated carbocycles. The molecule has 5 rings (SSSR count). The topological polar surface area (TPSA) is 131 Å². The van der Waals surface area contributed by atoms with Crippen LogP contribution in [0.4, 0.5) is 42.1 Å². The number of likely N-dealkylation sites (N-methyl/N-ethyl adjacent to an activating group) is 1. The molecule has 0 aliphatic carbocycles. The van der Waals surface area contributed by atoms with Gasteiger partial charge in [-0.3, -0.25) is 5.10 Å². The molecule has 1 fully saturated rings. The zero-order valence-electron chi connectivity index (χ0n) is 20.8. The van der Waals surface area contributed by atoms with E-state index in [4.69, 9.17) is 0 Å². The lowest BCUT2D eigenvalue weighted by molar-refractivity contribution is -0.137. The first-order valence-electron chi connectivity index (χ1n) is 12.0. The smallest absolute Gasteiger partial charge is 0.352 e. The largest absolute Gasteiger partial charge is 0.421 e. The van der Waals surface area contributed by atoms with Crippen LogP contribution in [-0.4, -0.2) is 66.7 Å². The van der Waals surface area contributed by atoms with E-state index in [1.54, 1.807) is 30.3 Å². The zero-order chi connectivity index (χ0) is 27.6. The molecule has 3 heterocycles. The van der Waals surface area contributed by atoms with Gasteiger partial charge >= 0.3 is 6.18 Å². The lowest BCUT2D eigenvalue weighted by atomic mass is 10.1. The number of fused-ring (bicyclic) bond motifs is 1. The van der Waals surface area contributed by atoms with Gasteiger partial charge in [0, 0.05) is 55.7 Å². The first-order valence-corrected chi connectivity index (χ1v) is 13.2. The maximum atomic E-state index is 13.8. The highest BCUT2D eigenvalue weighted by atomic mass is 32.2. The van der Waals surface area contributed by atoms with Gasteiger partial charge in [-0.25, -0.2) is 18.1 Å². The highest BCUT2D eigenvalue weighted by Gasteiger charge is 2.35. The number of piperazine rings is 1. The third-order valence-corrected chi connectivity index (χ3v) is 6.78. The van der Waals surface area contributed by atoms with Crippen molar-refractivity contribution >= 4 is 50.8 Å². The van der Waals surface area contributed by atoms with Gasteiger partial charge in [-0.1, -0.05) is 18.2 Å². The van der Waals surface area contributed by atoms with E-state index in [9.17, 15) is 21.6 Å². The van der Waals surface area contributed by atoms with Gasteiger partial charge in [0.2, 0.25) is 16.8 Å². The highest BCUT2D eigenvalue weighted by molar-refractivity contribution is 7.70. The second-order valence-electron chi connectivity index (χ2n) is 9.05. The molecular formula is C24H26F3N9O2S. The van der Waals surface area contributed by atoms with Crippen LogP contribution in [0.25, 0.3) is 10.9 Å². The molecule has 2 aromatic carbocycles. The fourth-order valence-electron chi connectivity index (χ4n) is 4.29. The van der Waals surface area contributed by atoms with Crippen molar-refractivity contribution in [2.45, 2.75) is 12.7 Å². The summed E-state index contributed by atoms with van der Waals surface area (Å²) in [5, 5.41) is 14.1. The SMILES string of the molecule is CN1CCN(c2n[nH]c3cc(Nc4ncc(C(F)(F)F)c(Nc5ccccc5CN[SH](=O)=O)n4)ccc23)CC1. The van der Waals surface area contributed by atoms with Crippen LogP contribution in [0.3, 0.4) is 0 Å². The summed E-state index contributed by atoms with van der Waals surface area (Å²) in [7, 11) is -0.796. The van der Waals surface area contributed by atoms with E-state index >= 15 is 0 Å². The fraction of sp³-hybridized carbons (Fsp3) is 0.292. The number of halogens is 3. The minimum absolute atomic E-state index is 0.0538. The number of benzene rings is 2. The maximum absolute atomic E-state index is 13.8. The van der Waals surface area contributed by atoms with Crippen LogP contribution in [0, 0.1) is 0 Å². The summed E-state index contributed by atoms with van der Waals surface area (Å²) in [6, 6.07) is 11.9. The fourth-order valence-corrected chi connectivity index (χ4v) is 4.59. The summed E-state index contributed by atoms with van der Waals surface area (Å²) >= 11 is 0. The number of hydrogen-bond donors (Lipinski definition) is 5. The van der Waals surface area contributed by atoms with Crippen molar-refractivity contribution in [1.29, 1.82) is 0 Å². The number of nitrogens with zero attached hydrogens (tertiary/aromatic N) is 5. The summed E-state index contributed by atoms with van der Waals surface area (Å²) < 4.78 is 65.4. The van der Waals surface area contributed by atoms with Gasteiger partial charge in [-0.2, -0.15) is 23.3 Å². The number of alkyl halides is 3. The lowest BCUT2D eigenvalue weighted by Crippen LogP contribution is -2.44. The van der Waals surface area contributed by atoms with E-state index in [1.807, 2.05) is 6.07 Å². The number of hydrogen-bond acceptors (Lipinski definition) is 9. The lowest BCUT2D eigenvalue weighted by Gasteiger charge is -2.32. The van der Waals surface area contributed by atoms with Crippen LogP contribution < -0.4 is 20.3 Å². The Hall–Kier alpha value is -3.95. The zero-order valence-corrected chi connectivity index (χ0v) is 21.7. The second-order valence-corrected chi connectivity index (χ2v) is 9.88. The van der Waals surface area contributed by atoms with Gasteiger partial charge in [-0.05, 0) is 36.9 Å². The van der Waals surface area contributed by atoms with Gasteiger partial charge in [0.1, 0.15) is 11.4 Å². The summed E-state index contributed by atoms with van der Waals surface area (Å²) in [6.45, 7) is 3.50. The molecular weight excluding hydrogens is 535 g/mol. The van der Waals surface area contributed by atoms with Crippen molar-refractivity contribution in [3.63, 3.8) is 0 Å². The van der Waals surface area contributed by atoms with Crippen LogP contribution in [0.2, 0.25) is 0 Å². The predicted octanol–water partition coefficient (Wildman–Crippen LogP) is 3.23. The van der Waals surface area contributed by atoms with Crippen LogP contribution in [0.1, 0.15) is 11.1 Å². The number of nitrogens with one attached hydrogen (secondary N) is 4. The van der Waals surface area contributed by atoms with Crippen LogP contribution >= 0.6 is 0 Å². The summed E-state index contributed by atoms with van der Waals surface area (Å²) in [5.74, 6) is 0.331. The number of H-pyrrole nitrogens is 1. The third-order valence-electron chi connectivity index (χ3n) is 6.36. The van der Waals surface area contributed by atoms with E-state index in [2.05, 4.69) is 52.4 Å². The molecule has 1 saturated heterocycles. The summed E-state index contributed by atoms with van der Waals surface area (Å²) in [5.41, 5.74) is 0.973. The van der Waals surface area contributed by atoms with Gasteiger partial charge in [0.05, 0.1) is 5.52 Å². The molecule has 0 bridgehead atoms. The van der Waals surface area contributed by atoms with Gasteiger partial charge in [0.25, 0.3) is 0 Å². The molecule has 2 aromatic heterocycles. The predicted molar refractivity (Wildman–Crippen MR) is 143 cm³/mol. The minimum Gasteiger partial charge on any atom is -0.352 e. The summed E-state index contributed by atoms with van der Waals surface area (Å²) in [6.07, 6.45) is -4.02. The Morgan fingerprint density at radius 3 is 2.56 bits per heavy atom. The van der Waals surface area contributed by atoms with Crippen LogP contribution in [0.5, 0.6) is 0 Å². The van der Waals surface area contributed by atoms with Crippen molar-refractivity contribution in [2.75, 3.05) is 48.8 Å². The number of aromatic nitrogens is 4. The molecule has 0 radical (unpaired) electrons. The Kier molecular flexibility index (Phi) is 7.54. The molecule has 11 nitrogen and oxygen atoms in total. The first kappa shape index (κ1) is 26.6. The van der Waals surface area contributed by atoms with Crippen molar-refractivity contribution < 1.29 is 21.6 Å². The average Bonchev–Trinajstić information content (AvgIpc) is 3.31. The van der Waals surface area contributed by atoms with E-state index in [0.717, 1.165) is 42.9 Å². The number of para-hydroxylation sites is 1. The Morgan fingerprint density at radius 1 is 1.05 bits per heavy atom. The van der Waals surface area contributed by atoms with Gasteiger partial charge in [-0.15, -0.1) is 0 Å². The standard InChI is InChI=1S/C24H26F3N9O2S/c1-35-8-10-36(11-9-35)22-17-7-6-16(12-20(17)33-34-22)30-23-28-14-18(24(25,26)27)21(32-23)31-19-5-3-2-4-15(19)13-29-39(37)38/h2-7,12,14,39H,8-11,13H2,1H3,(H,33,34)(H,29,37,38)(H2,28,30,31,32). The number of thiol groups is 1. The van der Waals surface area contributed by atoms with Crippen molar-refractivity contribution in [2.24, 2.45) is 0 Å². The van der Waals surface area contributed by atoms with Crippen molar-refractivity contribution in [1.82, 2.24) is 29.8 Å². The molecule has 206 valence electrons.